The Hall–Kier alpha value is -4.18. The van der Waals surface area contributed by atoms with E-state index in [1.807, 2.05) is 79.8 Å². The fourth-order valence-electron chi connectivity index (χ4n) is 5.13. The van der Waals surface area contributed by atoms with Gasteiger partial charge in [0.25, 0.3) is 0 Å². The highest BCUT2D eigenvalue weighted by Gasteiger charge is 2.13. The van der Waals surface area contributed by atoms with E-state index in [0.717, 1.165) is 50.4 Å². The number of aromatic nitrogens is 2. The molecule has 6 aromatic rings. The van der Waals surface area contributed by atoms with E-state index in [1.54, 1.807) is 0 Å². The summed E-state index contributed by atoms with van der Waals surface area (Å²) in [6.07, 6.45) is 0.779. The van der Waals surface area contributed by atoms with E-state index in [0.29, 0.717) is 10.8 Å². The lowest BCUT2D eigenvalue weighted by atomic mass is 9.91. The topological polar surface area (TPSA) is 54.9 Å². The van der Waals surface area contributed by atoms with Crippen LogP contribution in [0.5, 0.6) is 0 Å². The summed E-state index contributed by atoms with van der Waals surface area (Å²) < 4.78 is 2.08. The molecule has 4 aromatic carbocycles. The van der Waals surface area contributed by atoms with Crippen LogP contribution in [0.25, 0.3) is 43.6 Å². The van der Waals surface area contributed by atoms with Crippen molar-refractivity contribution in [3.05, 3.63) is 117 Å². The molecule has 0 saturated carbocycles. The van der Waals surface area contributed by atoms with Crippen LogP contribution >= 0.6 is 0 Å². The van der Waals surface area contributed by atoms with Crippen molar-refractivity contribution in [1.82, 2.24) is 9.55 Å². The Morgan fingerprint density at radius 2 is 1.38 bits per heavy atom. The molecule has 1 N–H and O–H groups in total. The highest BCUT2D eigenvalue weighted by molar-refractivity contribution is 5.94. The van der Waals surface area contributed by atoms with Gasteiger partial charge in [-0.15, -0.1) is 0 Å². The summed E-state index contributed by atoms with van der Waals surface area (Å²) in [5, 5.41) is 2.90. The Kier molecular flexibility index (Phi) is 4.63. The number of para-hydroxylation sites is 2. The minimum Gasteiger partial charge on any atom is -0.354 e. The second-order valence-corrected chi connectivity index (χ2v) is 9.17. The standard InChI is InChI=1S/C30H24N2O2/c1-18(15-19-11-13-26-23(16-19)29(33)21-7-3-5-9-25(21)31-26)20-12-14-28-24(17-20)30(34)22-8-4-6-10-27(22)32(28)2/h3-14,16-18H,15H2,1-2H3,(H,31,33). The highest BCUT2D eigenvalue weighted by atomic mass is 16.1. The molecule has 1 unspecified atom stereocenters. The van der Waals surface area contributed by atoms with Gasteiger partial charge in [0.1, 0.15) is 0 Å². The molecule has 0 aliphatic heterocycles. The monoisotopic (exact) mass is 444 g/mol. The van der Waals surface area contributed by atoms with Crippen molar-refractivity contribution < 1.29 is 0 Å². The van der Waals surface area contributed by atoms with Crippen LogP contribution in [0.15, 0.2) is 94.5 Å². The number of hydrogen-bond donors (Lipinski definition) is 1. The molecule has 4 nitrogen and oxygen atoms in total. The fraction of sp³-hybridized carbons (Fsp3) is 0.133. The first-order valence-electron chi connectivity index (χ1n) is 11.6. The number of aromatic amines is 1. The number of pyridine rings is 2. The number of benzene rings is 4. The predicted octanol–water partition coefficient (Wildman–Crippen LogP) is 6.03. The van der Waals surface area contributed by atoms with E-state index >= 15 is 0 Å². The van der Waals surface area contributed by atoms with Gasteiger partial charge >= 0.3 is 0 Å². The fourth-order valence-corrected chi connectivity index (χ4v) is 5.13. The smallest absolute Gasteiger partial charge is 0.197 e. The van der Waals surface area contributed by atoms with Gasteiger partial charge in [-0.25, -0.2) is 0 Å². The normalized spacial score (nSPS) is 12.6. The summed E-state index contributed by atoms with van der Waals surface area (Å²) >= 11 is 0. The van der Waals surface area contributed by atoms with E-state index in [-0.39, 0.29) is 16.8 Å². The van der Waals surface area contributed by atoms with Crippen LogP contribution in [0.2, 0.25) is 0 Å². The minimum absolute atomic E-state index is 0.0555. The van der Waals surface area contributed by atoms with Crippen LogP contribution in [-0.2, 0) is 13.5 Å². The number of fused-ring (bicyclic) bond motifs is 4. The molecule has 0 aliphatic rings. The molecule has 1 atom stereocenters. The molecule has 0 spiro atoms. The van der Waals surface area contributed by atoms with Gasteiger partial charge in [0, 0.05) is 39.6 Å². The van der Waals surface area contributed by atoms with E-state index in [2.05, 4.69) is 28.6 Å². The maximum atomic E-state index is 13.2. The van der Waals surface area contributed by atoms with E-state index in [1.165, 1.54) is 0 Å². The number of aryl methyl sites for hydroxylation is 1. The van der Waals surface area contributed by atoms with Gasteiger partial charge < -0.3 is 9.55 Å². The molecule has 166 valence electrons. The SMILES string of the molecule is CC(Cc1ccc2[nH]c3ccccc3c(=O)c2c1)c1ccc2c(c1)c(=O)c1ccccc1n2C. The zero-order valence-electron chi connectivity index (χ0n) is 19.1. The van der Waals surface area contributed by atoms with Crippen LogP contribution in [-0.4, -0.2) is 9.55 Å². The first-order chi connectivity index (χ1) is 16.5. The van der Waals surface area contributed by atoms with Crippen LogP contribution in [0, 0.1) is 0 Å². The van der Waals surface area contributed by atoms with Crippen LogP contribution in [0.3, 0.4) is 0 Å². The van der Waals surface area contributed by atoms with Crippen molar-refractivity contribution in [2.24, 2.45) is 7.05 Å². The Bertz CT molecular complexity index is 1860. The highest BCUT2D eigenvalue weighted by Crippen LogP contribution is 2.26. The average Bonchev–Trinajstić information content (AvgIpc) is 2.87. The molecule has 4 heteroatoms. The summed E-state index contributed by atoms with van der Waals surface area (Å²) in [5.74, 6) is 0.192. The molecule has 0 bridgehead atoms. The Labute approximate surface area is 196 Å². The van der Waals surface area contributed by atoms with Crippen LogP contribution < -0.4 is 10.9 Å². The summed E-state index contributed by atoms with van der Waals surface area (Å²) in [4.78, 5) is 29.6. The number of rotatable bonds is 3. The third kappa shape index (κ3) is 3.14. The third-order valence-electron chi connectivity index (χ3n) is 7.02. The van der Waals surface area contributed by atoms with Crippen molar-refractivity contribution in [2.75, 3.05) is 0 Å². The van der Waals surface area contributed by atoms with Gasteiger partial charge in [-0.1, -0.05) is 43.3 Å². The molecule has 0 amide bonds. The van der Waals surface area contributed by atoms with E-state index in [4.69, 9.17) is 0 Å². The van der Waals surface area contributed by atoms with Gasteiger partial charge in [-0.2, -0.15) is 0 Å². The maximum Gasteiger partial charge on any atom is 0.197 e. The molecule has 0 radical (unpaired) electrons. The van der Waals surface area contributed by atoms with Crippen molar-refractivity contribution in [1.29, 1.82) is 0 Å². The van der Waals surface area contributed by atoms with E-state index in [9.17, 15) is 9.59 Å². The molecular formula is C30H24N2O2. The summed E-state index contributed by atoms with van der Waals surface area (Å²) in [7, 11) is 2.00. The van der Waals surface area contributed by atoms with Crippen molar-refractivity contribution in [3.63, 3.8) is 0 Å². The van der Waals surface area contributed by atoms with Gasteiger partial charge in [-0.3, -0.25) is 9.59 Å². The van der Waals surface area contributed by atoms with Gasteiger partial charge in [0.2, 0.25) is 0 Å². The zero-order valence-corrected chi connectivity index (χ0v) is 19.1. The molecule has 2 aromatic heterocycles. The third-order valence-corrected chi connectivity index (χ3v) is 7.02. The molecule has 0 saturated heterocycles. The van der Waals surface area contributed by atoms with Gasteiger partial charge in [0.15, 0.2) is 10.9 Å². The first-order valence-corrected chi connectivity index (χ1v) is 11.6. The largest absolute Gasteiger partial charge is 0.354 e. The number of nitrogens with zero attached hydrogens (tertiary/aromatic N) is 1. The van der Waals surface area contributed by atoms with Gasteiger partial charge in [-0.05, 0) is 72.0 Å². The lowest BCUT2D eigenvalue weighted by Gasteiger charge is -2.16. The number of H-pyrrole nitrogens is 1. The lowest BCUT2D eigenvalue weighted by molar-refractivity contribution is 0.761. The maximum absolute atomic E-state index is 13.2. The molecule has 2 heterocycles. The molecule has 0 aliphatic carbocycles. The summed E-state index contributed by atoms with van der Waals surface area (Å²) in [6, 6.07) is 27.6. The minimum atomic E-state index is 0.0555. The molecule has 6 rings (SSSR count). The molecule has 34 heavy (non-hydrogen) atoms. The Morgan fingerprint density at radius 1 is 0.706 bits per heavy atom. The predicted molar refractivity (Wildman–Crippen MR) is 141 cm³/mol. The van der Waals surface area contributed by atoms with Crippen LogP contribution in [0.4, 0.5) is 0 Å². The van der Waals surface area contributed by atoms with E-state index < -0.39 is 0 Å². The molecular weight excluding hydrogens is 420 g/mol. The van der Waals surface area contributed by atoms with Crippen LogP contribution in [0.1, 0.15) is 24.0 Å². The number of hydrogen-bond acceptors (Lipinski definition) is 2. The van der Waals surface area contributed by atoms with Crippen molar-refractivity contribution in [3.8, 4) is 0 Å². The Morgan fingerprint density at radius 3 is 2.24 bits per heavy atom. The molecule has 0 fully saturated rings. The first kappa shape index (κ1) is 20.4. The number of nitrogens with one attached hydrogen (secondary N) is 1. The quantitative estimate of drug-likeness (QED) is 0.339. The summed E-state index contributed by atoms with van der Waals surface area (Å²) in [5.41, 5.74) is 5.92. The Balaban J connectivity index is 1.41. The van der Waals surface area contributed by atoms with Gasteiger partial charge in [0.05, 0.1) is 11.0 Å². The zero-order chi connectivity index (χ0) is 23.4. The summed E-state index contributed by atoms with van der Waals surface area (Å²) in [6.45, 7) is 2.17. The van der Waals surface area contributed by atoms with Crippen molar-refractivity contribution in [2.45, 2.75) is 19.3 Å². The second kappa shape index (κ2) is 7.70. The van der Waals surface area contributed by atoms with Crippen molar-refractivity contribution >= 4 is 43.6 Å². The second-order valence-electron chi connectivity index (χ2n) is 9.17. The average molecular weight is 445 g/mol. The lowest BCUT2D eigenvalue weighted by Crippen LogP contribution is -2.10.